The van der Waals surface area contributed by atoms with Gasteiger partial charge in [0.1, 0.15) is 116 Å². The van der Waals surface area contributed by atoms with Crippen LogP contribution in [0.25, 0.3) is 6.08 Å². The summed E-state index contributed by atoms with van der Waals surface area (Å²) < 4.78 is 97.2. The Balaban J connectivity index is 0.886. The minimum atomic E-state index is -2.22. The molecule has 5 aliphatic carbocycles. The number of aliphatic hydroxyl groups excluding tert-OH is 17. The van der Waals surface area contributed by atoms with E-state index >= 15 is 4.79 Å². The van der Waals surface area contributed by atoms with Gasteiger partial charge in [-0.05, 0) is 136 Å². The molecule has 656 valence electrons. The van der Waals surface area contributed by atoms with E-state index in [1.54, 1.807) is 18.2 Å². The normalized spacial score (nSPS) is 48.1. The number of carboxylic acid groups (broad SMARTS) is 1. The molecule has 6 heterocycles. The van der Waals surface area contributed by atoms with Gasteiger partial charge in [-0.25, -0.2) is 4.79 Å². The van der Waals surface area contributed by atoms with E-state index in [4.69, 9.17) is 75.8 Å². The Morgan fingerprint density at radius 1 is 0.526 bits per heavy atom. The molecule has 38 nitrogen and oxygen atoms in total. The average Bonchev–Trinajstić information content (AvgIpc) is 0.667. The van der Waals surface area contributed by atoms with Crippen LogP contribution < -0.4 is 9.47 Å². The highest BCUT2D eigenvalue weighted by Crippen LogP contribution is 2.76. The zero-order valence-corrected chi connectivity index (χ0v) is 66.2. The molecule has 10 fully saturated rings. The number of aliphatic hydroxyl groups is 17. The SMILES string of the molecule is COc1ccc(C=CC(=O)OC2C(C)OC(OC(=O)C34CCC(C)(C)CC3C3=CCC5C6(C)CC(O)C(OC7OC(CO)C(O)C(O)C7O)C(C)(C(=O)O)C6CCC5(C)C3(CO)CC4)C(OC3OC(C)C(OC4OCC(OC5OC(CO)C(O)C(O)C5O)C(O)C4O)C(OC(C)=O)C3O)C2OC2OC(CO)C(O)C(O)C2O)cc1OC. The molecule has 4 saturated carbocycles. The Kier molecular flexibility index (Phi) is 27.3. The number of esters is 3. The fourth-order valence-corrected chi connectivity index (χ4v) is 21.0. The van der Waals surface area contributed by atoms with E-state index in [0.29, 0.717) is 36.3 Å². The first-order valence-corrected chi connectivity index (χ1v) is 39.6. The Labute approximate surface area is 668 Å². The molecule has 0 aromatic heterocycles. The third kappa shape index (κ3) is 16.1. The molecule has 1 aromatic rings. The number of ether oxygens (including phenoxy) is 16. The van der Waals surface area contributed by atoms with Gasteiger partial charge in [0.25, 0.3) is 0 Å². The lowest BCUT2D eigenvalue weighted by Crippen LogP contribution is -2.71. The second kappa shape index (κ2) is 35.1. The summed E-state index contributed by atoms with van der Waals surface area (Å²) in [7, 11) is 2.83. The molecule has 6 aliphatic heterocycles. The quantitative estimate of drug-likeness (QED) is 0.0164. The first-order chi connectivity index (χ1) is 54.7. The number of carboxylic acids is 1. The molecule has 0 amide bonds. The molecule has 39 atom stereocenters. The molecule has 116 heavy (non-hydrogen) atoms. The number of benzene rings is 1. The van der Waals surface area contributed by atoms with Crippen molar-refractivity contribution in [2.24, 2.45) is 50.2 Å². The van der Waals surface area contributed by atoms with Crippen LogP contribution in [0, 0.1) is 50.2 Å². The largest absolute Gasteiger partial charge is 0.493 e. The summed E-state index contributed by atoms with van der Waals surface area (Å²) in [4.78, 5) is 58.3. The van der Waals surface area contributed by atoms with Gasteiger partial charge >= 0.3 is 23.9 Å². The lowest BCUT2D eigenvalue weighted by atomic mass is 9.33. The lowest BCUT2D eigenvalue weighted by molar-refractivity contribution is -0.393. The van der Waals surface area contributed by atoms with Gasteiger partial charge in [-0.3, -0.25) is 14.4 Å². The van der Waals surface area contributed by atoms with E-state index in [0.717, 1.165) is 18.6 Å². The topological polar surface area (TPSA) is 580 Å². The van der Waals surface area contributed by atoms with Crippen molar-refractivity contribution >= 4 is 30.0 Å². The van der Waals surface area contributed by atoms with E-state index in [9.17, 15) is 106 Å². The standard InChI is InChI=1S/C78H116O38/c1-31-59(112-65-54(93)50(89)43(29-103-65)110-66-55(94)51(90)47(86)40(26-79)107-66)61(106-33(3)83)58(97)69(104-31)114-63-62(113-67-56(95)52(91)48(87)41(27-80)108-67)60(111-46(85)16-12-34-11-14-38(101-9)39(23-34)102-10)32(2)105-70(63)116-72(100)77-20-19-73(4,5)24-36(77)35-13-15-44-74(6)25-37(84)64(115-68-57(96)53(92)49(88)42(28-81)109-68)76(8,71(98)99)45(74)17-18-75(44,7)78(35,30-82)22-21-77/h11-14,16,23,31-32,36-37,40-45,47-70,79-82,84,86-97H,15,17-22,24-30H2,1-10H3,(H,98,99). The number of allylic oxidation sites excluding steroid dienone is 1. The van der Waals surface area contributed by atoms with E-state index in [-0.39, 0.29) is 38.5 Å². The molecule has 39 unspecified atom stereocenters. The van der Waals surface area contributed by atoms with Crippen LogP contribution in [0.1, 0.15) is 119 Å². The van der Waals surface area contributed by atoms with Crippen molar-refractivity contribution < 1.29 is 187 Å². The minimum Gasteiger partial charge on any atom is -0.493 e. The lowest BCUT2D eigenvalue weighted by Gasteiger charge is -2.71. The van der Waals surface area contributed by atoms with E-state index < -0.39 is 297 Å². The smallest absolute Gasteiger partial charge is 0.331 e. The van der Waals surface area contributed by atoms with Crippen LogP contribution in [0.2, 0.25) is 0 Å². The third-order valence-electron chi connectivity index (χ3n) is 27.5. The summed E-state index contributed by atoms with van der Waals surface area (Å²) in [5.74, 6) is -5.62. The zero-order valence-electron chi connectivity index (χ0n) is 66.2. The van der Waals surface area contributed by atoms with Crippen molar-refractivity contribution in [2.75, 3.05) is 47.3 Å². The maximum atomic E-state index is 16.5. The first-order valence-electron chi connectivity index (χ1n) is 39.6. The molecule has 0 bridgehead atoms. The number of methoxy groups -OCH3 is 2. The Bertz CT molecular complexity index is 3660. The van der Waals surface area contributed by atoms with E-state index in [2.05, 4.69) is 6.92 Å². The van der Waals surface area contributed by atoms with Crippen molar-refractivity contribution in [3.8, 4) is 11.5 Å². The second-order valence-corrected chi connectivity index (χ2v) is 34.7. The predicted octanol–water partition coefficient (Wildman–Crippen LogP) is -3.83. The van der Waals surface area contributed by atoms with Crippen LogP contribution in [0.15, 0.2) is 35.9 Å². The Hall–Kier alpha value is -4.94. The molecule has 0 spiro atoms. The molecule has 0 radical (unpaired) electrons. The fourth-order valence-electron chi connectivity index (χ4n) is 21.0. The van der Waals surface area contributed by atoms with Crippen molar-refractivity contribution in [2.45, 2.75) is 304 Å². The number of hydrogen-bond acceptors (Lipinski definition) is 37. The van der Waals surface area contributed by atoms with Crippen molar-refractivity contribution in [3.05, 3.63) is 41.5 Å². The summed E-state index contributed by atoms with van der Waals surface area (Å²) in [6.45, 7) is 9.61. The summed E-state index contributed by atoms with van der Waals surface area (Å²) in [6.07, 6.45) is -50.4. The number of rotatable bonds is 23. The van der Waals surface area contributed by atoms with Gasteiger partial charge in [-0.15, -0.1) is 0 Å². The number of hydrogen-bond donors (Lipinski definition) is 18. The van der Waals surface area contributed by atoms with Gasteiger partial charge in [0.2, 0.25) is 6.29 Å². The summed E-state index contributed by atoms with van der Waals surface area (Å²) in [5.41, 5.74) is -5.80. The van der Waals surface area contributed by atoms with Crippen molar-refractivity contribution in [1.29, 1.82) is 0 Å². The molecule has 1 aromatic carbocycles. The third-order valence-corrected chi connectivity index (χ3v) is 27.5. The van der Waals surface area contributed by atoms with Crippen LogP contribution in [-0.4, -0.2) is 353 Å². The van der Waals surface area contributed by atoms with Crippen LogP contribution >= 0.6 is 0 Å². The second-order valence-electron chi connectivity index (χ2n) is 34.7. The summed E-state index contributed by atoms with van der Waals surface area (Å²) in [5, 5.41) is 200. The van der Waals surface area contributed by atoms with Gasteiger partial charge in [-0.2, -0.15) is 0 Å². The molecule has 6 saturated heterocycles. The summed E-state index contributed by atoms with van der Waals surface area (Å²) >= 11 is 0. The molecular formula is C78H116O38. The van der Waals surface area contributed by atoms with Gasteiger partial charge in [-0.1, -0.05) is 45.4 Å². The molecular weight excluding hydrogens is 1540 g/mol. The molecule has 18 N–H and O–H groups in total. The summed E-state index contributed by atoms with van der Waals surface area (Å²) in [6, 6.07) is 4.74. The van der Waals surface area contributed by atoms with Crippen molar-refractivity contribution in [3.63, 3.8) is 0 Å². The van der Waals surface area contributed by atoms with Gasteiger partial charge in [0.05, 0.1) is 76.4 Å². The molecule has 12 rings (SSSR count). The predicted molar refractivity (Wildman–Crippen MR) is 386 cm³/mol. The Morgan fingerprint density at radius 3 is 1.63 bits per heavy atom. The van der Waals surface area contributed by atoms with Gasteiger partial charge in [0.15, 0.2) is 61.3 Å². The highest BCUT2D eigenvalue weighted by molar-refractivity contribution is 5.87. The number of carbonyl (C=O) groups is 4. The monoisotopic (exact) mass is 1660 g/mol. The highest BCUT2D eigenvalue weighted by Gasteiger charge is 2.74. The Morgan fingerprint density at radius 2 is 1.06 bits per heavy atom. The van der Waals surface area contributed by atoms with Crippen LogP contribution in [0.5, 0.6) is 11.5 Å². The van der Waals surface area contributed by atoms with Crippen LogP contribution in [0.3, 0.4) is 0 Å². The fraction of sp³-hybridized carbons (Fsp3) is 0.821. The highest BCUT2D eigenvalue weighted by atomic mass is 16.8. The van der Waals surface area contributed by atoms with E-state index in [1.807, 2.05) is 26.8 Å². The van der Waals surface area contributed by atoms with Crippen molar-refractivity contribution in [1.82, 2.24) is 0 Å². The maximum absolute atomic E-state index is 16.5. The molecule has 11 aliphatic rings. The molecule has 38 heteroatoms. The first kappa shape index (κ1) is 90.3. The zero-order chi connectivity index (χ0) is 84.7. The minimum absolute atomic E-state index is 0.0401. The van der Waals surface area contributed by atoms with Gasteiger partial charge < -0.3 is 168 Å². The van der Waals surface area contributed by atoms with Crippen LogP contribution in [0.4, 0.5) is 0 Å². The average molecular weight is 1660 g/mol. The number of aliphatic carboxylic acids is 1. The number of carbonyl (C=O) groups excluding carboxylic acids is 3. The van der Waals surface area contributed by atoms with E-state index in [1.165, 1.54) is 41.1 Å². The van der Waals surface area contributed by atoms with Crippen LogP contribution in [-0.2, 0) is 85.5 Å². The maximum Gasteiger partial charge on any atom is 0.331 e. The number of fused-ring (bicyclic) bond motifs is 7. The van der Waals surface area contributed by atoms with Gasteiger partial charge in [0, 0.05) is 18.4 Å².